The Morgan fingerprint density at radius 3 is 1.61 bits per heavy atom. The fourth-order valence-corrected chi connectivity index (χ4v) is 7.17. The van der Waals surface area contributed by atoms with Gasteiger partial charge in [-0.05, 0) is 97.7 Å². The maximum Gasteiger partial charge on any atom is 0.227 e. The fourth-order valence-electron chi connectivity index (χ4n) is 7.17. The number of benzene rings is 8. The van der Waals surface area contributed by atoms with E-state index in [0.29, 0.717) is 5.89 Å². The normalized spacial score (nSPS) is 11.7. The maximum absolute atomic E-state index is 6.06. The van der Waals surface area contributed by atoms with Crippen molar-refractivity contribution < 1.29 is 4.42 Å². The van der Waals surface area contributed by atoms with Gasteiger partial charge in [-0.25, -0.2) is 9.97 Å². The first-order valence-electron chi connectivity index (χ1n) is 16.6. The molecule has 0 fully saturated rings. The van der Waals surface area contributed by atoms with Crippen LogP contribution in [0.25, 0.3) is 99.3 Å². The van der Waals surface area contributed by atoms with Crippen LogP contribution >= 0.6 is 0 Å². The van der Waals surface area contributed by atoms with Gasteiger partial charge in [-0.3, -0.25) is 0 Å². The van der Waals surface area contributed by atoms with E-state index < -0.39 is 0 Å². The summed E-state index contributed by atoms with van der Waals surface area (Å²) in [4.78, 5) is 10.1. The number of nitrogens with zero attached hydrogens (tertiary/aromatic N) is 2. The lowest BCUT2D eigenvalue weighted by molar-refractivity contribution is 0.620. The number of para-hydroxylation sites is 2. The monoisotopic (exact) mass is 624 g/mol. The molecule has 2 heterocycles. The number of oxazole rings is 1. The minimum Gasteiger partial charge on any atom is -0.436 e. The summed E-state index contributed by atoms with van der Waals surface area (Å²) in [5.74, 6) is 0.614. The molecule has 0 aliphatic rings. The van der Waals surface area contributed by atoms with Gasteiger partial charge in [0.05, 0.1) is 11.2 Å². The summed E-state index contributed by atoms with van der Waals surface area (Å²) in [6.07, 6.45) is 0. The van der Waals surface area contributed by atoms with Crippen molar-refractivity contribution in [3.05, 3.63) is 170 Å². The first-order valence-corrected chi connectivity index (χ1v) is 16.6. The van der Waals surface area contributed by atoms with Crippen molar-refractivity contribution in [2.75, 3.05) is 0 Å². The highest BCUT2D eigenvalue weighted by atomic mass is 16.3. The van der Waals surface area contributed by atoms with E-state index in [4.69, 9.17) is 14.4 Å². The fraction of sp³-hybridized carbons (Fsp3) is 0. The van der Waals surface area contributed by atoms with Gasteiger partial charge in [-0.15, -0.1) is 0 Å². The molecule has 0 unspecified atom stereocenters. The topological polar surface area (TPSA) is 38.9 Å². The first-order chi connectivity index (χ1) is 24.2. The number of aromatic nitrogens is 2. The van der Waals surface area contributed by atoms with Gasteiger partial charge >= 0.3 is 0 Å². The third kappa shape index (κ3) is 4.67. The largest absolute Gasteiger partial charge is 0.436 e. The molecule has 0 radical (unpaired) electrons. The van der Waals surface area contributed by atoms with Crippen molar-refractivity contribution in [2.24, 2.45) is 0 Å². The number of hydrogen-bond acceptors (Lipinski definition) is 3. The minimum atomic E-state index is 0.614. The zero-order chi connectivity index (χ0) is 32.3. The molecule has 0 aliphatic heterocycles. The number of pyridine rings is 1. The van der Waals surface area contributed by atoms with E-state index >= 15 is 0 Å². The Morgan fingerprint density at radius 2 is 0.918 bits per heavy atom. The van der Waals surface area contributed by atoms with Crippen LogP contribution in [-0.4, -0.2) is 9.97 Å². The van der Waals surface area contributed by atoms with Crippen LogP contribution in [0.3, 0.4) is 0 Å². The van der Waals surface area contributed by atoms with Gasteiger partial charge in [0.2, 0.25) is 5.89 Å². The van der Waals surface area contributed by atoms with E-state index in [2.05, 4.69) is 146 Å². The van der Waals surface area contributed by atoms with Crippen molar-refractivity contribution >= 4 is 54.3 Å². The molecule has 10 aromatic rings. The molecule has 0 bridgehead atoms. The molecule has 0 aliphatic carbocycles. The first kappa shape index (κ1) is 27.5. The second kappa shape index (κ2) is 11.0. The van der Waals surface area contributed by atoms with Gasteiger partial charge < -0.3 is 4.42 Å². The lowest BCUT2D eigenvalue weighted by Gasteiger charge is -2.16. The third-order valence-corrected chi connectivity index (χ3v) is 9.66. The van der Waals surface area contributed by atoms with Crippen LogP contribution in [0.2, 0.25) is 0 Å². The van der Waals surface area contributed by atoms with Gasteiger partial charge in [0.25, 0.3) is 0 Å². The summed E-state index contributed by atoms with van der Waals surface area (Å²) in [6.45, 7) is 0. The van der Waals surface area contributed by atoms with E-state index in [1.165, 1.54) is 38.1 Å². The third-order valence-electron chi connectivity index (χ3n) is 9.66. The van der Waals surface area contributed by atoms with Crippen molar-refractivity contribution in [2.45, 2.75) is 0 Å². The summed E-state index contributed by atoms with van der Waals surface area (Å²) in [5.41, 5.74) is 10.2. The van der Waals surface area contributed by atoms with Crippen LogP contribution in [0.5, 0.6) is 0 Å². The molecule has 2 aromatic heterocycles. The van der Waals surface area contributed by atoms with Crippen LogP contribution in [-0.2, 0) is 0 Å². The standard InChI is InChI=1S/C46H28N2O/c1-3-11-33-25-35(23-17-29(33)9-1)39-27-41-40(36-24-18-30-10-2-4-12-34(30)26-36)28-43(47-45(41)38-14-6-5-13-37(38)39)31-19-21-32(22-20-31)46-48-42-15-7-8-16-44(42)49-46/h1-28H. The van der Waals surface area contributed by atoms with Crippen LogP contribution in [0.1, 0.15) is 0 Å². The molecule has 49 heavy (non-hydrogen) atoms. The van der Waals surface area contributed by atoms with Crippen LogP contribution in [0, 0.1) is 0 Å². The SMILES string of the molecule is c1ccc2cc(-c3cc4c(-c5ccc6ccccc6c5)cc(-c5ccc(-c6nc7ccccc7o6)cc5)nc4c4ccccc34)ccc2c1. The van der Waals surface area contributed by atoms with Crippen LogP contribution in [0.4, 0.5) is 0 Å². The Kier molecular flexibility index (Phi) is 6.18. The predicted octanol–water partition coefficient (Wildman–Crippen LogP) is 12.5. The molecule has 0 saturated heterocycles. The van der Waals surface area contributed by atoms with Crippen molar-refractivity contribution in [1.82, 2.24) is 9.97 Å². The summed E-state index contributed by atoms with van der Waals surface area (Å²) in [7, 11) is 0. The summed E-state index contributed by atoms with van der Waals surface area (Å²) in [5, 5.41) is 8.35. The molecule has 0 N–H and O–H groups in total. The second-order valence-electron chi connectivity index (χ2n) is 12.6. The van der Waals surface area contributed by atoms with Gasteiger partial charge in [-0.1, -0.05) is 121 Å². The molecule has 3 nitrogen and oxygen atoms in total. The molecule has 0 atom stereocenters. The molecular formula is C46H28N2O. The Hall–Kier alpha value is -6.58. The molecule has 0 saturated carbocycles. The van der Waals surface area contributed by atoms with Crippen molar-refractivity contribution in [1.29, 1.82) is 0 Å². The molecule has 0 amide bonds. The average Bonchev–Trinajstić information content (AvgIpc) is 3.61. The summed E-state index contributed by atoms with van der Waals surface area (Å²) in [6, 6.07) is 60.1. The van der Waals surface area contributed by atoms with Gasteiger partial charge in [0.1, 0.15) is 5.52 Å². The molecule has 8 aromatic carbocycles. The molecular weight excluding hydrogens is 597 g/mol. The Balaban J connectivity index is 1.21. The van der Waals surface area contributed by atoms with E-state index in [1.807, 2.05) is 24.3 Å². The van der Waals surface area contributed by atoms with Crippen LogP contribution in [0.15, 0.2) is 174 Å². The summed E-state index contributed by atoms with van der Waals surface area (Å²) >= 11 is 0. The molecule has 10 rings (SSSR count). The Labute approximate surface area is 282 Å². The Bertz CT molecular complexity index is 2850. The maximum atomic E-state index is 6.06. The van der Waals surface area contributed by atoms with E-state index in [-0.39, 0.29) is 0 Å². The minimum absolute atomic E-state index is 0.614. The second-order valence-corrected chi connectivity index (χ2v) is 12.6. The average molecular weight is 625 g/mol. The zero-order valence-corrected chi connectivity index (χ0v) is 26.5. The quantitative estimate of drug-likeness (QED) is 0.183. The van der Waals surface area contributed by atoms with Crippen molar-refractivity contribution in [3.63, 3.8) is 0 Å². The smallest absolute Gasteiger partial charge is 0.227 e. The lowest BCUT2D eigenvalue weighted by Crippen LogP contribution is -1.93. The highest BCUT2D eigenvalue weighted by Gasteiger charge is 2.17. The van der Waals surface area contributed by atoms with E-state index in [0.717, 1.165) is 55.3 Å². The number of hydrogen-bond donors (Lipinski definition) is 0. The highest BCUT2D eigenvalue weighted by Crippen LogP contribution is 2.41. The molecule has 228 valence electrons. The van der Waals surface area contributed by atoms with Crippen LogP contribution < -0.4 is 0 Å². The summed E-state index contributed by atoms with van der Waals surface area (Å²) < 4.78 is 6.06. The molecule has 0 spiro atoms. The Morgan fingerprint density at radius 1 is 0.367 bits per heavy atom. The van der Waals surface area contributed by atoms with E-state index in [1.54, 1.807) is 0 Å². The predicted molar refractivity (Wildman–Crippen MR) is 204 cm³/mol. The number of rotatable bonds is 4. The highest BCUT2D eigenvalue weighted by molar-refractivity contribution is 6.16. The zero-order valence-electron chi connectivity index (χ0n) is 26.5. The van der Waals surface area contributed by atoms with Gasteiger partial charge in [0.15, 0.2) is 5.58 Å². The van der Waals surface area contributed by atoms with E-state index in [9.17, 15) is 0 Å². The molecule has 3 heteroatoms. The van der Waals surface area contributed by atoms with Gasteiger partial charge in [0, 0.05) is 21.9 Å². The van der Waals surface area contributed by atoms with Gasteiger partial charge in [-0.2, -0.15) is 0 Å². The van der Waals surface area contributed by atoms with Crippen molar-refractivity contribution in [3.8, 4) is 45.0 Å². The lowest BCUT2D eigenvalue weighted by atomic mass is 9.90. The number of fused-ring (bicyclic) bond motifs is 6.